The van der Waals surface area contributed by atoms with Gasteiger partial charge < -0.3 is 19.9 Å². The molecular weight excluding hydrogens is 438 g/mol. The second-order valence-electron chi connectivity index (χ2n) is 12.3. The minimum absolute atomic E-state index is 0.0000411. The minimum Gasteiger partial charge on any atom is -0.444 e. The molecule has 1 fully saturated rings. The molecule has 1 saturated heterocycles. The summed E-state index contributed by atoms with van der Waals surface area (Å²) in [7, 11) is 0. The highest BCUT2D eigenvalue weighted by Gasteiger charge is 2.31. The predicted molar refractivity (Wildman–Crippen MR) is 143 cm³/mol. The highest BCUT2D eigenvalue weighted by molar-refractivity contribution is 5.83. The fourth-order valence-electron chi connectivity index (χ4n) is 4.86. The number of hydrogen-bond donors (Lipinski definition) is 2. The van der Waals surface area contributed by atoms with Gasteiger partial charge in [0.1, 0.15) is 11.4 Å². The first-order valence-corrected chi connectivity index (χ1v) is 13.2. The third kappa shape index (κ3) is 8.68. The molecule has 1 aromatic heterocycles. The smallest absolute Gasteiger partial charge is 0.407 e. The molecule has 2 heterocycles. The zero-order valence-electron chi connectivity index (χ0n) is 22.6. The Labute approximate surface area is 211 Å². The fraction of sp³-hybridized carbons (Fsp3) is 0.655. The van der Waals surface area contributed by atoms with Gasteiger partial charge in [0.2, 0.25) is 0 Å². The maximum Gasteiger partial charge on any atom is 0.407 e. The number of ether oxygens (including phenoxy) is 1. The van der Waals surface area contributed by atoms with Gasteiger partial charge in [-0.3, -0.25) is 4.79 Å². The van der Waals surface area contributed by atoms with E-state index in [4.69, 9.17) is 4.74 Å². The normalized spacial score (nSPS) is 16.9. The number of Topliss-reactive ketones (excluding diaryl/α,β-unsaturated/α-hetero) is 1. The second-order valence-corrected chi connectivity index (χ2v) is 12.3. The predicted octanol–water partition coefficient (Wildman–Crippen LogP) is 6.10. The van der Waals surface area contributed by atoms with Crippen LogP contribution in [0.25, 0.3) is 10.9 Å². The molecule has 1 aromatic carbocycles. The lowest BCUT2D eigenvalue weighted by atomic mass is 9.85. The summed E-state index contributed by atoms with van der Waals surface area (Å²) in [4.78, 5) is 30.8. The molecule has 0 aliphatic carbocycles. The summed E-state index contributed by atoms with van der Waals surface area (Å²) < 4.78 is 5.48. The van der Waals surface area contributed by atoms with Crippen LogP contribution in [-0.4, -0.2) is 53.0 Å². The van der Waals surface area contributed by atoms with Crippen LogP contribution in [0.2, 0.25) is 0 Å². The lowest BCUT2D eigenvalue weighted by molar-refractivity contribution is -0.120. The first-order valence-electron chi connectivity index (χ1n) is 13.2. The standard InChI is InChI=1S/C29H45N3O3/c1-28(2,3)26(31-27(34)35-29(4,5)6)20-32-16-14-21(15-17-32)18-23(33)11-9-10-22-19-30-25-13-8-7-12-24(22)25/h7-8,12-13,19,21,26,30H,9-11,14-18,20H2,1-6H3,(H,31,34). The highest BCUT2D eigenvalue weighted by atomic mass is 16.6. The number of benzene rings is 1. The number of carbonyl (C=O) groups is 2. The fourth-order valence-corrected chi connectivity index (χ4v) is 4.86. The van der Waals surface area contributed by atoms with E-state index in [1.54, 1.807) is 0 Å². The lowest BCUT2D eigenvalue weighted by Gasteiger charge is -2.39. The summed E-state index contributed by atoms with van der Waals surface area (Å²) >= 11 is 0. The third-order valence-corrected chi connectivity index (χ3v) is 6.98. The number of ketones is 1. The summed E-state index contributed by atoms with van der Waals surface area (Å²) in [6.45, 7) is 14.8. The molecule has 0 bridgehead atoms. The van der Waals surface area contributed by atoms with Crippen LogP contribution in [0.15, 0.2) is 30.5 Å². The van der Waals surface area contributed by atoms with Gasteiger partial charge >= 0.3 is 6.09 Å². The van der Waals surface area contributed by atoms with E-state index in [2.05, 4.69) is 60.4 Å². The van der Waals surface area contributed by atoms with E-state index in [-0.39, 0.29) is 17.6 Å². The molecule has 2 N–H and O–H groups in total. The molecule has 1 aliphatic heterocycles. The van der Waals surface area contributed by atoms with Crippen molar-refractivity contribution >= 4 is 22.8 Å². The van der Waals surface area contributed by atoms with Gasteiger partial charge in [0, 0.05) is 42.5 Å². The molecule has 6 heteroatoms. The molecule has 0 saturated carbocycles. The molecule has 1 unspecified atom stereocenters. The quantitative estimate of drug-likeness (QED) is 0.452. The number of likely N-dealkylation sites (tertiary alicyclic amines) is 1. The third-order valence-electron chi connectivity index (χ3n) is 6.98. The molecule has 35 heavy (non-hydrogen) atoms. The Morgan fingerprint density at radius 3 is 2.46 bits per heavy atom. The number of aromatic amines is 1. The van der Waals surface area contributed by atoms with Gasteiger partial charge in [0.25, 0.3) is 0 Å². The van der Waals surface area contributed by atoms with E-state index >= 15 is 0 Å². The number of carbonyl (C=O) groups excluding carboxylic acids is 2. The molecule has 3 rings (SSSR count). The van der Waals surface area contributed by atoms with E-state index in [1.807, 2.05) is 26.8 Å². The lowest BCUT2D eigenvalue weighted by Crippen LogP contribution is -2.53. The van der Waals surface area contributed by atoms with Crippen molar-refractivity contribution in [2.45, 2.75) is 91.7 Å². The van der Waals surface area contributed by atoms with Gasteiger partial charge in [-0.25, -0.2) is 4.79 Å². The SMILES string of the molecule is CC(C)(C)OC(=O)NC(CN1CCC(CC(=O)CCCc2c[nH]c3ccccc23)CC1)C(C)(C)C. The van der Waals surface area contributed by atoms with Crippen molar-refractivity contribution in [2.75, 3.05) is 19.6 Å². The first kappa shape index (κ1) is 27.3. The number of fused-ring (bicyclic) bond motifs is 1. The van der Waals surface area contributed by atoms with Gasteiger partial charge in [-0.15, -0.1) is 0 Å². The molecule has 1 atom stereocenters. The van der Waals surface area contributed by atoms with Crippen LogP contribution < -0.4 is 5.32 Å². The maximum absolute atomic E-state index is 12.6. The number of aromatic nitrogens is 1. The number of alkyl carbamates (subject to hydrolysis) is 1. The van der Waals surface area contributed by atoms with Crippen LogP contribution in [0.5, 0.6) is 0 Å². The van der Waals surface area contributed by atoms with Crippen LogP contribution in [0.3, 0.4) is 0 Å². The molecule has 6 nitrogen and oxygen atoms in total. The number of rotatable bonds is 9. The van der Waals surface area contributed by atoms with Crippen LogP contribution in [0.1, 0.15) is 79.2 Å². The van der Waals surface area contributed by atoms with Crippen molar-refractivity contribution in [2.24, 2.45) is 11.3 Å². The Morgan fingerprint density at radius 1 is 1.11 bits per heavy atom. The van der Waals surface area contributed by atoms with Gasteiger partial charge in [0.05, 0.1) is 0 Å². The number of H-pyrrole nitrogens is 1. The molecule has 0 radical (unpaired) electrons. The number of nitrogens with zero attached hydrogens (tertiary/aromatic N) is 1. The summed E-state index contributed by atoms with van der Waals surface area (Å²) in [6, 6.07) is 8.34. The minimum atomic E-state index is -0.507. The van der Waals surface area contributed by atoms with Gasteiger partial charge in [-0.2, -0.15) is 0 Å². The molecule has 0 spiro atoms. The number of amides is 1. The van der Waals surface area contributed by atoms with Crippen molar-refractivity contribution < 1.29 is 14.3 Å². The van der Waals surface area contributed by atoms with E-state index in [0.29, 0.717) is 24.5 Å². The Bertz CT molecular complexity index is 975. The molecule has 194 valence electrons. The van der Waals surface area contributed by atoms with Crippen molar-refractivity contribution in [3.63, 3.8) is 0 Å². The largest absolute Gasteiger partial charge is 0.444 e. The average Bonchev–Trinajstić information content (AvgIpc) is 3.16. The van der Waals surface area contributed by atoms with E-state index in [1.165, 1.54) is 10.9 Å². The summed E-state index contributed by atoms with van der Waals surface area (Å²) in [5.41, 5.74) is 1.88. The Morgan fingerprint density at radius 2 is 1.80 bits per heavy atom. The van der Waals surface area contributed by atoms with Gasteiger partial charge in [-0.05, 0) is 82.5 Å². The monoisotopic (exact) mass is 483 g/mol. The molecular formula is C29H45N3O3. The number of para-hydroxylation sites is 1. The molecule has 1 aliphatic rings. The van der Waals surface area contributed by atoms with Gasteiger partial charge in [-0.1, -0.05) is 39.0 Å². The summed E-state index contributed by atoms with van der Waals surface area (Å²) in [6.07, 6.45) is 7.00. The van der Waals surface area contributed by atoms with Crippen molar-refractivity contribution in [1.29, 1.82) is 0 Å². The summed E-state index contributed by atoms with van der Waals surface area (Å²) in [5, 5.41) is 4.36. The number of hydrogen-bond acceptors (Lipinski definition) is 4. The second kappa shape index (κ2) is 11.6. The van der Waals surface area contributed by atoms with Gasteiger partial charge in [0.15, 0.2) is 0 Å². The topological polar surface area (TPSA) is 74.4 Å². The number of piperidine rings is 1. The molecule has 1 amide bonds. The van der Waals surface area contributed by atoms with E-state index in [9.17, 15) is 9.59 Å². The van der Waals surface area contributed by atoms with E-state index < -0.39 is 5.60 Å². The zero-order chi connectivity index (χ0) is 25.6. The van der Waals surface area contributed by atoms with Crippen molar-refractivity contribution in [3.8, 4) is 0 Å². The van der Waals surface area contributed by atoms with Crippen LogP contribution >= 0.6 is 0 Å². The highest BCUT2D eigenvalue weighted by Crippen LogP contribution is 2.26. The van der Waals surface area contributed by atoms with Crippen LogP contribution in [-0.2, 0) is 16.0 Å². The van der Waals surface area contributed by atoms with E-state index in [0.717, 1.165) is 50.8 Å². The Hall–Kier alpha value is -2.34. The van der Waals surface area contributed by atoms with Crippen molar-refractivity contribution in [1.82, 2.24) is 15.2 Å². The van der Waals surface area contributed by atoms with Crippen molar-refractivity contribution in [3.05, 3.63) is 36.0 Å². The first-order chi connectivity index (χ1) is 16.4. The molecule has 2 aromatic rings. The zero-order valence-corrected chi connectivity index (χ0v) is 22.6. The van der Waals surface area contributed by atoms with Crippen LogP contribution in [0, 0.1) is 11.3 Å². The Kier molecular flexibility index (Phi) is 9.03. The number of aryl methyl sites for hydroxylation is 1. The Balaban J connectivity index is 1.39. The summed E-state index contributed by atoms with van der Waals surface area (Å²) in [5.74, 6) is 0.862. The number of nitrogens with one attached hydrogen (secondary N) is 2. The average molecular weight is 484 g/mol. The van der Waals surface area contributed by atoms with Crippen LogP contribution in [0.4, 0.5) is 4.79 Å². The maximum atomic E-state index is 12.6.